The fourth-order valence-corrected chi connectivity index (χ4v) is 3.31. The fourth-order valence-electron chi connectivity index (χ4n) is 3.31. The third kappa shape index (κ3) is 3.40. The van der Waals surface area contributed by atoms with Crippen LogP contribution in [-0.2, 0) is 6.18 Å². The number of halogens is 3. The molecule has 2 aromatic rings. The van der Waals surface area contributed by atoms with Gasteiger partial charge in [0.05, 0.1) is 6.10 Å². The molecule has 0 aliphatic heterocycles. The van der Waals surface area contributed by atoms with Gasteiger partial charge in [0.2, 0.25) is 0 Å². The van der Waals surface area contributed by atoms with Gasteiger partial charge in [0.1, 0.15) is 17.6 Å². The molecule has 0 atom stereocenters. The molecule has 1 saturated carbocycles. The monoisotopic (exact) mass is 336 g/mol. The summed E-state index contributed by atoms with van der Waals surface area (Å²) in [4.78, 5) is 10.9. The first kappa shape index (κ1) is 16.8. The number of aldehydes is 1. The largest absolute Gasteiger partial charge is 0.490 e. The summed E-state index contributed by atoms with van der Waals surface area (Å²) >= 11 is 0. The van der Waals surface area contributed by atoms with Gasteiger partial charge >= 0.3 is 6.18 Å². The van der Waals surface area contributed by atoms with Crippen molar-refractivity contribution in [2.45, 2.75) is 44.9 Å². The van der Waals surface area contributed by atoms with Crippen molar-refractivity contribution in [1.29, 1.82) is 0 Å². The van der Waals surface area contributed by atoms with E-state index in [1.165, 1.54) is 24.3 Å². The van der Waals surface area contributed by atoms with Crippen LogP contribution in [0.3, 0.4) is 0 Å². The first-order valence-electron chi connectivity index (χ1n) is 8.14. The van der Waals surface area contributed by atoms with Crippen LogP contribution < -0.4 is 4.74 Å². The van der Waals surface area contributed by atoms with Crippen molar-refractivity contribution in [2.75, 3.05) is 0 Å². The molecular weight excluding hydrogens is 317 g/mol. The number of carbonyl (C=O) groups excluding carboxylic acids is 1. The van der Waals surface area contributed by atoms with Gasteiger partial charge in [-0.25, -0.2) is 0 Å². The van der Waals surface area contributed by atoms with Gasteiger partial charge < -0.3 is 4.74 Å². The third-order valence-corrected chi connectivity index (χ3v) is 4.68. The highest BCUT2D eigenvalue weighted by molar-refractivity contribution is 5.92. The summed E-state index contributed by atoms with van der Waals surface area (Å²) in [5.41, 5.74) is -0.570. The second-order valence-electron chi connectivity index (χ2n) is 6.53. The summed E-state index contributed by atoms with van der Waals surface area (Å²) in [6.45, 7) is 2.15. The molecule has 24 heavy (non-hydrogen) atoms. The average molecular weight is 336 g/mol. The predicted octanol–water partition coefficient (Wildman–Crippen LogP) is 5.63. The zero-order valence-electron chi connectivity index (χ0n) is 13.4. The number of rotatable bonds is 3. The number of ether oxygens (including phenoxy) is 1. The van der Waals surface area contributed by atoms with Crippen LogP contribution in [0, 0.1) is 5.92 Å². The van der Waals surface area contributed by atoms with E-state index in [0.717, 1.165) is 25.7 Å². The quantitative estimate of drug-likeness (QED) is 0.679. The molecule has 5 heteroatoms. The predicted molar refractivity (Wildman–Crippen MR) is 86.4 cm³/mol. The van der Waals surface area contributed by atoms with Crippen molar-refractivity contribution in [3.63, 3.8) is 0 Å². The molecule has 128 valence electrons. The highest BCUT2D eigenvalue weighted by Crippen LogP contribution is 2.42. The van der Waals surface area contributed by atoms with E-state index in [-0.39, 0.29) is 22.8 Å². The van der Waals surface area contributed by atoms with Crippen molar-refractivity contribution in [1.82, 2.24) is 0 Å². The summed E-state index contributed by atoms with van der Waals surface area (Å²) < 4.78 is 46.7. The SMILES string of the molecule is C[C@H]1CC[C@@H](Oc2ccc3ccc(C=O)cc3c2C(F)(F)F)CC1. The highest BCUT2D eigenvalue weighted by Gasteiger charge is 2.37. The van der Waals surface area contributed by atoms with Crippen molar-refractivity contribution in [3.8, 4) is 5.75 Å². The minimum absolute atomic E-state index is 0.00813. The van der Waals surface area contributed by atoms with Gasteiger partial charge in [0, 0.05) is 5.56 Å². The number of fused-ring (bicyclic) bond motifs is 1. The first-order valence-corrected chi connectivity index (χ1v) is 8.14. The third-order valence-electron chi connectivity index (χ3n) is 4.68. The molecule has 1 fully saturated rings. The van der Waals surface area contributed by atoms with Gasteiger partial charge in [0.15, 0.2) is 0 Å². The molecule has 0 spiro atoms. The van der Waals surface area contributed by atoms with Crippen LogP contribution in [0.5, 0.6) is 5.75 Å². The van der Waals surface area contributed by atoms with E-state index in [0.29, 0.717) is 17.6 Å². The first-order chi connectivity index (χ1) is 11.4. The molecule has 0 radical (unpaired) electrons. The minimum atomic E-state index is -4.54. The average Bonchev–Trinajstić information content (AvgIpc) is 2.55. The minimum Gasteiger partial charge on any atom is -0.490 e. The molecule has 0 amide bonds. The van der Waals surface area contributed by atoms with Gasteiger partial charge in [-0.3, -0.25) is 4.79 Å². The number of benzene rings is 2. The maximum atomic E-state index is 13.7. The van der Waals surface area contributed by atoms with Crippen molar-refractivity contribution in [2.24, 2.45) is 5.92 Å². The maximum Gasteiger partial charge on any atom is 0.420 e. The Kier molecular flexibility index (Phi) is 4.52. The topological polar surface area (TPSA) is 26.3 Å². The van der Waals surface area contributed by atoms with Crippen molar-refractivity contribution >= 4 is 17.1 Å². The van der Waals surface area contributed by atoms with Gasteiger partial charge in [0.25, 0.3) is 0 Å². The Labute approximate surface area is 138 Å². The Balaban J connectivity index is 2.04. The molecule has 0 saturated heterocycles. The van der Waals surface area contributed by atoms with Gasteiger partial charge in [-0.1, -0.05) is 25.1 Å². The lowest BCUT2D eigenvalue weighted by Gasteiger charge is -2.28. The molecule has 0 aromatic heterocycles. The highest BCUT2D eigenvalue weighted by atomic mass is 19.4. The van der Waals surface area contributed by atoms with Crippen molar-refractivity contribution in [3.05, 3.63) is 41.5 Å². The summed E-state index contributed by atoms with van der Waals surface area (Å²) in [7, 11) is 0. The fraction of sp³-hybridized carbons (Fsp3) is 0.421. The van der Waals surface area contributed by atoms with Crippen LogP contribution in [0.25, 0.3) is 10.8 Å². The van der Waals surface area contributed by atoms with Crippen LogP contribution in [0.15, 0.2) is 30.3 Å². The van der Waals surface area contributed by atoms with Gasteiger partial charge in [-0.2, -0.15) is 13.2 Å². The van der Waals surface area contributed by atoms with E-state index < -0.39 is 11.7 Å². The molecule has 2 nitrogen and oxygen atoms in total. The van der Waals surface area contributed by atoms with Gasteiger partial charge in [-0.15, -0.1) is 0 Å². The standard InChI is InChI=1S/C19H19F3O2/c1-12-2-7-15(8-3-12)24-17-9-6-14-5-4-13(11-23)10-16(14)18(17)19(20,21)22/h4-6,9-12,15H,2-3,7-8H2,1H3/t12-,15+. The van der Waals surface area contributed by atoms with Crippen LogP contribution >= 0.6 is 0 Å². The Morgan fingerprint density at radius 1 is 1.08 bits per heavy atom. The molecule has 0 N–H and O–H groups in total. The lowest BCUT2D eigenvalue weighted by molar-refractivity contribution is -0.138. The Bertz CT molecular complexity index is 744. The number of carbonyl (C=O) groups is 1. The van der Waals surface area contributed by atoms with E-state index in [2.05, 4.69) is 6.92 Å². The van der Waals surface area contributed by atoms with E-state index >= 15 is 0 Å². The zero-order valence-corrected chi connectivity index (χ0v) is 13.4. The van der Waals surface area contributed by atoms with E-state index in [1.807, 2.05) is 0 Å². The van der Waals surface area contributed by atoms with E-state index in [4.69, 9.17) is 4.74 Å². The molecular formula is C19H19F3O2. The van der Waals surface area contributed by atoms with E-state index in [9.17, 15) is 18.0 Å². The normalized spacial score (nSPS) is 21.7. The molecule has 1 aliphatic carbocycles. The van der Waals surface area contributed by atoms with Crippen LogP contribution in [0.1, 0.15) is 48.5 Å². The smallest absolute Gasteiger partial charge is 0.420 e. The molecule has 3 rings (SSSR count). The maximum absolute atomic E-state index is 13.7. The summed E-state index contributed by atoms with van der Waals surface area (Å²) in [5, 5.41) is 0.450. The summed E-state index contributed by atoms with van der Waals surface area (Å²) in [5.74, 6) is 0.455. The number of alkyl halides is 3. The Hall–Kier alpha value is -2.04. The lowest BCUT2D eigenvalue weighted by atomic mass is 9.89. The number of hydrogen-bond acceptors (Lipinski definition) is 2. The number of hydrogen-bond donors (Lipinski definition) is 0. The summed E-state index contributed by atoms with van der Waals surface area (Å²) in [6, 6.07) is 7.32. The van der Waals surface area contributed by atoms with Crippen LogP contribution in [-0.4, -0.2) is 12.4 Å². The van der Waals surface area contributed by atoms with E-state index in [1.54, 1.807) is 6.07 Å². The summed E-state index contributed by atoms with van der Waals surface area (Å²) in [6.07, 6.45) is -0.706. The van der Waals surface area contributed by atoms with Gasteiger partial charge in [-0.05, 0) is 54.5 Å². The molecule has 0 heterocycles. The zero-order chi connectivity index (χ0) is 17.3. The molecule has 1 aliphatic rings. The van der Waals surface area contributed by atoms with Crippen molar-refractivity contribution < 1.29 is 22.7 Å². The van der Waals surface area contributed by atoms with Crippen LogP contribution in [0.4, 0.5) is 13.2 Å². The lowest BCUT2D eigenvalue weighted by Crippen LogP contribution is -2.24. The molecule has 0 unspecified atom stereocenters. The molecule has 0 bridgehead atoms. The molecule has 2 aromatic carbocycles. The second-order valence-corrected chi connectivity index (χ2v) is 6.53. The van der Waals surface area contributed by atoms with Crippen LogP contribution in [0.2, 0.25) is 0 Å². The Morgan fingerprint density at radius 3 is 2.38 bits per heavy atom. The second kappa shape index (κ2) is 6.46. The Morgan fingerprint density at radius 2 is 1.75 bits per heavy atom.